The second-order valence-corrected chi connectivity index (χ2v) is 2.39. The van der Waals surface area contributed by atoms with E-state index in [9.17, 15) is 0 Å². The number of hydrogen-bond donors (Lipinski definition) is 1. The summed E-state index contributed by atoms with van der Waals surface area (Å²) >= 11 is 0. The predicted molar refractivity (Wildman–Crippen MR) is 41.1 cm³/mol. The van der Waals surface area contributed by atoms with E-state index in [4.69, 9.17) is 14.7 Å². The van der Waals surface area contributed by atoms with Crippen LogP contribution in [0.4, 0.5) is 5.95 Å². The van der Waals surface area contributed by atoms with Gasteiger partial charge in [-0.25, -0.2) is 0 Å². The predicted octanol–water partition coefficient (Wildman–Crippen LogP) is 1.22. The van der Waals surface area contributed by atoms with E-state index in [0.29, 0.717) is 11.7 Å². The first-order valence-electron chi connectivity index (χ1n) is 3.41. The smallest absolute Gasteiger partial charge is 0.295 e. The van der Waals surface area contributed by atoms with Crippen molar-refractivity contribution in [3.63, 3.8) is 0 Å². The standard InChI is InChI=1S/C7H7N3O2/c1-4-2-3-11-5(4)6-9-7(8)10-12-6/h2-3H,1H3,(H2,8,10). The van der Waals surface area contributed by atoms with E-state index in [0.717, 1.165) is 5.56 Å². The summed E-state index contributed by atoms with van der Waals surface area (Å²) in [6.07, 6.45) is 1.56. The summed E-state index contributed by atoms with van der Waals surface area (Å²) in [7, 11) is 0. The van der Waals surface area contributed by atoms with Crippen LogP contribution in [0.25, 0.3) is 11.7 Å². The SMILES string of the molecule is Cc1ccoc1-c1nc(N)no1. The molecule has 0 amide bonds. The van der Waals surface area contributed by atoms with Crippen LogP contribution < -0.4 is 5.73 Å². The van der Waals surface area contributed by atoms with Crippen LogP contribution in [0.1, 0.15) is 5.56 Å². The van der Waals surface area contributed by atoms with Gasteiger partial charge < -0.3 is 14.7 Å². The average Bonchev–Trinajstić information content (AvgIpc) is 2.58. The Balaban J connectivity index is 2.50. The van der Waals surface area contributed by atoms with E-state index in [2.05, 4.69) is 10.1 Å². The highest BCUT2D eigenvalue weighted by Crippen LogP contribution is 2.22. The number of rotatable bonds is 1. The highest BCUT2D eigenvalue weighted by Gasteiger charge is 2.12. The third kappa shape index (κ3) is 0.952. The van der Waals surface area contributed by atoms with Crippen molar-refractivity contribution in [3.05, 3.63) is 17.9 Å². The molecule has 0 unspecified atom stereocenters. The summed E-state index contributed by atoms with van der Waals surface area (Å²) in [6, 6.07) is 1.82. The Labute approximate surface area is 68.2 Å². The molecule has 5 nitrogen and oxygen atoms in total. The van der Waals surface area contributed by atoms with Crippen molar-refractivity contribution < 1.29 is 8.94 Å². The number of furan rings is 1. The fourth-order valence-corrected chi connectivity index (χ4v) is 0.919. The Morgan fingerprint density at radius 1 is 1.50 bits per heavy atom. The maximum absolute atomic E-state index is 5.28. The largest absolute Gasteiger partial charge is 0.459 e. The second-order valence-electron chi connectivity index (χ2n) is 2.39. The molecule has 0 aliphatic rings. The van der Waals surface area contributed by atoms with Gasteiger partial charge in [-0.2, -0.15) is 4.98 Å². The molecule has 2 rings (SSSR count). The van der Waals surface area contributed by atoms with E-state index in [-0.39, 0.29) is 5.95 Å². The summed E-state index contributed by atoms with van der Waals surface area (Å²) < 4.78 is 9.92. The van der Waals surface area contributed by atoms with E-state index in [1.165, 1.54) is 0 Å². The Bertz CT molecular complexity index is 391. The van der Waals surface area contributed by atoms with Crippen LogP contribution in [-0.2, 0) is 0 Å². The van der Waals surface area contributed by atoms with Gasteiger partial charge in [0.05, 0.1) is 6.26 Å². The summed E-state index contributed by atoms with van der Waals surface area (Å²) in [6.45, 7) is 1.89. The molecule has 2 N–H and O–H groups in total. The molecule has 0 aliphatic carbocycles. The van der Waals surface area contributed by atoms with Crippen LogP contribution in [0.15, 0.2) is 21.3 Å². The summed E-state index contributed by atoms with van der Waals surface area (Å²) in [4.78, 5) is 3.82. The molecule has 0 fully saturated rings. The van der Waals surface area contributed by atoms with Crippen molar-refractivity contribution in [1.29, 1.82) is 0 Å². The summed E-state index contributed by atoms with van der Waals surface area (Å²) in [5, 5.41) is 3.45. The van der Waals surface area contributed by atoms with Crippen molar-refractivity contribution in [1.82, 2.24) is 10.1 Å². The van der Waals surface area contributed by atoms with Crippen LogP contribution in [0.3, 0.4) is 0 Å². The van der Waals surface area contributed by atoms with Crippen molar-refractivity contribution >= 4 is 5.95 Å². The van der Waals surface area contributed by atoms with Crippen LogP contribution in [0.2, 0.25) is 0 Å². The Hall–Kier alpha value is -1.78. The first-order chi connectivity index (χ1) is 5.77. The number of hydrogen-bond acceptors (Lipinski definition) is 5. The van der Waals surface area contributed by atoms with Crippen molar-refractivity contribution in [3.8, 4) is 11.7 Å². The third-order valence-corrected chi connectivity index (χ3v) is 1.50. The molecular weight excluding hydrogens is 158 g/mol. The van der Waals surface area contributed by atoms with Crippen LogP contribution in [-0.4, -0.2) is 10.1 Å². The molecule has 5 heteroatoms. The fourth-order valence-electron chi connectivity index (χ4n) is 0.919. The third-order valence-electron chi connectivity index (χ3n) is 1.50. The molecule has 0 aliphatic heterocycles. The lowest BCUT2D eigenvalue weighted by atomic mass is 10.3. The van der Waals surface area contributed by atoms with E-state index in [1.807, 2.05) is 13.0 Å². The second kappa shape index (κ2) is 2.37. The number of nitrogens with zero attached hydrogens (tertiary/aromatic N) is 2. The Kier molecular flexibility index (Phi) is 1.36. The summed E-state index contributed by atoms with van der Waals surface area (Å²) in [5.74, 6) is 0.995. The molecule has 2 aromatic rings. The van der Waals surface area contributed by atoms with E-state index < -0.39 is 0 Å². The zero-order chi connectivity index (χ0) is 8.55. The minimum Gasteiger partial charge on any atom is -0.459 e. The Morgan fingerprint density at radius 2 is 2.33 bits per heavy atom. The van der Waals surface area contributed by atoms with E-state index >= 15 is 0 Å². The molecule has 0 bridgehead atoms. The van der Waals surface area contributed by atoms with Gasteiger partial charge >= 0.3 is 0 Å². The number of aromatic nitrogens is 2. The van der Waals surface area contributed by atoms with Crippen LogP contribution in [0.5, 0.6) is 0 Å². The van der Waals surface area contributed by atoms with Gasteiger partial charge in [-0.15, -0.1) is 0 Å². The lowest BCUT2D eigenvalue weighted by molar-refractivity contribution is 0.417. The monoisotopic (exact) mass is 165 g/mol. The van der Waals surface area contributed by atoms with Crippen molar-refractivity contribution in [2.75, 3.05) is 5.73 Å². The zero-order valence-corrected chi connectivity index (χ0v) is 6.44. The molecule has 2 aromatic heterocycles. The van der Waals surface area contributed by atoms with Gasteiger partial charge in [0.15, 0.2) is 5.76 Å². The lowest BCUT2D eigenvalue weighted by Gasteiger charge is -1.86. The van der Waals surface area contributed by atoms with Crippen molar-refractivity contribution in [2.45, 2.75) is 6.92 Å². The maximum Gasteiger partial charge on any atom is 0.295 e. The fraction of sp³-hybridized carbons (Fsp3) is 0.143. The van der Waals surface area contributed by atoms with Crippen LogP contribution >= 0.6 is 0 Å². The molecule has 2 heterocycles. The number of nitrogens with two attached hydrogens (primary N) is 1. The van der Waals surface area contributed by atoms with Gasteiger partial charge in [-0.3, -0.25) is 0 Å². The van der Waals surface area contributed by atoms with Gasteiger partial charge in [-0.05, 0) is 18.1 Å². The first-order valence-corrected chi connectivity index (χ1v) is 3.41. The molecule has 62 valence electrons. The van der Waals surface area contributed by atoms with Gasteiger partial charge in [0.25, 0.3) is 11.8 Å². The molecule has 0 saturated heterocycles. The minimum atomic E-state index is 0.112. The molecular formula is C7H7N3O2. The highest BCUT2D eigenvalue weighted by molar-refractivity contribution is 5.50. The van der Waals surface area contributed by atoms with Gasteiger partial charge in [0.1, 0.15) is 0 Å². The highest BCUT2D eigenvalue weighted by atomic mass is 16.5. The Morgan fingerprint density at radius 3 is 2.83 bits per heavy atom. The van der Waals surface area contributed by atoms with Gasteiger partial charge in [0.2, 0.25) is 0 Å². The first kappa shape index (κ1) is 6.90. The molecule has 12 heavy (non-hydrogen) atoms. The van der Waals surface area contributed by atoms with Crippen LogP contribution in [0, 0.1) is 6.92 Å². The van der Waals surface area contributed by atoms with Gasteiger partial charge in [0, 0.05) is 5.56 Å². The number of aryl methyl sites for hydroxylation is 1. The normalized spacial score (nSPS) is 10.4. The average molecular weight is 165 g/mol. The minimum absolute atomic E-state index is 0.112. The molecule has 0 radical (unpaired) electrons. The molecule has 0 saturated carbocycles. The zero-order valence-electron chi connectivity index (χ0n) is 6.44. The van der Waals surface area contributed by atoms with Crippen molar-refractivity contribution in [2.24, 2.45) is 0 Å². The summed E-state index contributed by atoms with van der Waals surface area (Å²) in [5.41, 5.74) is 6.22. The number of nitrogen functional groups attached to an aromatic ring is 1. The molecule has 0 atom stereocenters. The molecule has 0 spiro atoms. The molecule has 0 aromatic carbocycles. The topological polar surface area (TPSA) is 78.1 Å². The quantitative estimate of drug-likeness (QED) is 0.687. The van der Waals surface area contributed by atoms with Gasteiger partial charge in [-0.1, -0.05) is 0 Å². The number of anilines is 1. The lowest BCUT2D eigenvalue weighted by Crippen LogP contribution is -1.85. The van der Waals surface area contributed by atoms with E-state index in [1.54, 1.807) is 6.26 Å². The maximum atomic E-state index is 5.28.